The molecule has 0 aliphatic heterocycles. The van der Waals surface area contributed by atoms with Gasteiger partial charge in [-0.2, -0.15) is 0 Å². The fourth-order valence-corrected chi connectivity index (χ4v) is 4.05. The number of sulfone groups is 1. The smallest absolute Gasteiger partial charge is 0.176 e. The summed E-state index contributed by atoms with van der Waals surface area (Å²) in [5, 5.41) is 0.790. The van der Waals surface area contributed by atoms with Gasteiger partial charge in [-0.15, -0.1) is 0 Å². The Balaban J connectivity index is 1.93. The lowest BCUT2D eigenvalue weighted by Gasteiger charge is -2.07. The zero-order valence-electron chi connectivity index (χ0n) is 11.0. The summed E-state index contributed by atoms with van der Waals surface area (Å²) in [7, 11) is -3.23. The van der Waals surface area contributed by atoms with Crippen molar-refractivity contribution in [2.45, 2.75) is 33.6 Å². The number of benzene rings is 1. The van der Waals surface area contributed by atoms with Crippen molar-refractivity contribution in [3.63, 3.8) is 0 Å². The molecule has 0 amide bonds. The highest BCUT2D eigenvalue weighted by atomic mass is 32.2. The fourth-order valence-electron chi connectivity index (χ4n) is 1.90. The van der Waals surface area contributed by atoms with Crippen molar-refractivity contribution < 1.29 is 8.42 Å². The Bertz CT molecular complexity index is 740. The van der Waals surface area contributed by atoms with E-state index < -0.39 is 9.84 Å². The maximum Gasteiger partial charge on any atom is 0.176 e. The maximum atomic E-state index is 11.8. The number of hydrogen-bond acceptors (Lipinski definition) is 5. The molecule has 0 saturated heterocycles. The quantitative estimate of drug-likeness (QED) is 0.813. The molecular weight excluding hydrogens is 292 g/mol. The van der Waals surface area contributed by atoms with Crippen LogP contribution in [-0.2, 0) is 9.84 Å². The molecule has 0 unspecified atom stereocenters. The standard InChI is InChI=1S/C14H14N2O2S2/c1-20(17,18)12-5-3-2-4-11(12)19-13-8-9-15-14(16-13)10-6-7-10/h2-5,8-10H,6-7H2,1H3. The second-order valence-electron chi connectivity index (χ2n) is 4.85. The Labute approximate surface area is 122 Å². The van der Waals surface area contributed by atoms with Gasteiger partial charge < -0.3 is 0 Å². The first-order valence-corrected chi connectivity index (χ1v) is 9.05. The summed E-state index contributed by atoms with van der Waals surface area (Å²) >= 11 is 1.37. The zero-order chi connectivity index (χ0) is 14.2. The van der Waals surface area contributed by atoms with Crippen molar-refractivity contribution in [1.82, 2.24) is 9.97 Å². The van der Waals surface area contributed by atoms with Crippen LogP contribution in [0, 0.1) is 0 Å². The fraction of sp³-hybridized carbons (Fsp3) is 0.286. The third kappa shape index (κ3) is 3.02. The second-order valence-corrected chi connectivity index (χ2v) is 7.89. The predicted octanol–water partition coefficient (Wildman–Crippen LogP) is 2.91. The average molecular weight is 306 g/mol. The highest BCUT2D eigenvalue weighted by Crippen LogP contribution is 2.39. The first kappa shape index (κ1) is 13.6. The van der Waals surface area contributed by atoms with Gasteiger partial charge in [0, 0.05) is 23.3 Å². The van der Waals surface area contributed by atoms with Crippen LogP contribution in [0.5, 0.6) is 0 Å². The van der Waals surface area contributed by atoms with Crippen molar-refractivity contribution >= 4 is 21.6 Å². The van der Waals surface area contributed by atoms with E-state index in [1.807, 2.05) is 12.1 Å². The molecule has 104 valence electrons. The maximum absolute atomic E-state index is 11.8. The van der Waals surface area contributed by atoms with E-state index in [1.54, 1.807) is 24.4 Å². The van der Waals surface area contributed by atoms with E-state index in [1.165, 1.54) is 18.0 Å². The monoisotopic (exact) mass is 306 g/mol. The number of aromatic nitrogens is 2. The van der Waals surface area contributed by atoms with Gasteiger partial charge in [-0.25, -0.2) is 18.4 Å². The van der Waals surface area contributed by atoms with Gasteiger partial charge in [-0.05, 0) is 31.0 Å². The Morgan fingerprint density at radius 2 is 1.95 bits per heavy atom. The van der Waals surface area contributed by atoms with E-state index in [0.717, 1.165) is 23.7 Å². The van der Waals surface area contributed by atoms with E-state index in [4.69, 9.17) is 0 Å². The van der Waals surface area contributed by atoms with Crippen LogP contribution in [0.1, 0.15) is 24.6 Å². The van der Waals surface area contributed by atoms with Gasteiger partial charge in [0.05, 0.1) is 4.90 Å². The molecule has 0 atom stereocenters. The van der Waals surface area contributed by atoms with E-state index >= 15 is 0 Å². The molecule has 1 aliphatic carbocycles. The SMILES string of the molecule is CS(=O)(=O)c1ccccc1Sc1ccnc(C2CC2)n1. The topological polar surface area (TPSA) is 59.9 Å². The zero-order valence-corrected chi connectivity index (χ0v) is 12.6. The molecule has 0 spiro atoms. The summed E-state index contributed by atoms with van der Waals surface area (Å²) in [5.41, 5.74) is 0. The summed E-state index contributed by atoms with van der Waals surface area (Å²) in [6.45, 7) is 0. The van der Waals surface area contributed by atoms with Gasteiger partial charge in [-0.3, -0.25) is 0 Å². The molecule has 1 aromatic carbocycles. The molecule has 1 fully saturated rings. The largest absolute Gasteiger partial charge is 0.241 e. The van der Waals surface area contributed by atoms with E-state index in [0.29, 0.717) is 15.7 Å². The molecule has 0 bridgehead atoms. The van der Waals surface area contributed by atoms with Crippen molar-refractivity contribution in [2.75, 3.05) is 6.26 Å². The minimum absolute atomic E-state index is 0.344. The van der Waals surface area contributed by atoms with E-state index in [-0.39, 0.29) is 0 Å². The Kier molecular flexibility index (Phi) is 3.52. The lowest BCUT2D eigenvalue weighted by molar-refractivity contribution is 0.600. The van der Waals surface area contributed by atoms with Gasteiger partial charge >= 0.3 is 0 Å². The van der Waals surface area contributed by atoms with E-state index in [2.05, 4.69) is 9.97 Å². The Morgan fingerprint density at radius 1 is 1.20 bits per heavy atom. The predicted molar refractivity (Wildman–Crippen MR) is 77.7 cm³/mol. The lowest BCUT2D eigenvalue weighted by atomic mass is 10.4. The lowest BCUT2D eigenvalue weighted by Crippen LogP contribution is -1.99. The first-order valence-electron chi connectivity index (χ1n) is 6.34. The third-order valence-corrected chi connectivity index (χ3v) is 5.35. The molecule has 1 aliphatic rings. The molecule has 0 radical (unpaired) electrons. The normalized spacial score (nSPS) is 15.2. The second kappa shape index (κ2) is 5.18. The minimum Gasteiger partial charge on any atom is -0.241 e. The van der Waals surface area contributed by atoms with Gasteiger partial charge in [0.15, 0.2) is 9.84 Å². The average Bonchev–Trinajstić information content (AvgIpc) is 3.23. The van der Waals surface area contributed by atoms with Gasteiger partial charge in [0.1, 0.15) is 10.9 Å². The summed E-state index contributed by atoms with van der Waals surface area (Å²) in [6.07, 6.45) is 5.26. The highest BCUT2D eigenvalue weighted by Gasteiger charge is 2.26. The van der Waals surface area contributed by atoms with Crippen LogP contribution in [0.25, 0.3) is 0 Å². The molecule has 1 aromatic heterocycles. The third-order valence-electron chi connectivity index (χ3n) is 3.05. The summed E-state index contributed by atoms with van der Waals surface area (Å²) in [4.78, 5) is 9.83. The van der Waals surface area contributed by atoms with Crippen LogP contribution >= 0.6 is 11.8 Å². The van der Waals surface area contributed by atoms with Crippen molar-refractivity contribution in [3.05, 3.63) is 42.4 Å². The van der Waals surface area contributed by atoms with Crippen molar-refractivity contribution in [3.8, 4) is 0 Å². The Hall–Kier alpha value is -1.40. The molecule has 20 heavy (non-hydrogen) atoms. The summed E-state index contributed by atoms with van der Waals surface area (Å²) in [5.74, 6) is 1.35. The molecule has 1 heterocycles. The van der Waals surface area contributed by atoms with Crippen LogP contribution in [0.15, 0.2) is 51.3 Å². The minimum atomic E-state index is -3.23. The molecule has 0 N–H and O–H groups in total. The molecule has 3 rings (SSSR count). The van der Waals surface area contributed by atoms with Crippen LogP contribution in [0.4, 0.5) is 0 Å². The van der Waals surface area contributed by atoms with Gasteiger partial charge in [0.2, 0.25) is 0 Å². The molecule has 2 aromatic rings. The first-order chi connectivity index (χ1) is 9.54. The number of rotatable bonds is 4. The van der Waals surface area contributed by atoms with Crippen LogP contribution in [0.3, 0.4) is 0 Å². The number of hydrogen-bond donors (Lipinski definition) is 0. The highest BCUT2D eigenvalue weighted by molar-refractivity contribution is 8.00. The molecule has 4 nitrogen and oxygen atoms in total. The van der Waals surface area contributed by atoms with Crippen LogP contribution in [0.2, 0.25) is 0 Å². The summed E-state index contributed by atoms with van der Waals surface area (Å²) in [6, 6.07) is 8.81. The van der Waals surface area contributed by atoms with E-state index in [9.17, 15) is 8.42 Å². The number of nitrogens with zero attached hydrogens (tertiary/aromatic N) is 2. The summed E-state index contributed by atoms with van der Waals surface area (Å²) < 4.78 is 23.6. The molecule has 1 saturated carbocycles. The van der Waals surface area contributed by atoms with Crippen molar-refractivity contribution in [1.29, 1.82) is 0 Å². The van der Waals surface area contributed by atoms with Crippen LogP contribution in [-0.4, -0.2) is 24.6 Å². The van der Waals surface area contributed by atoms with Gasteiger partial charge in [0.25, 0.3) is 0 Å². The van der Waals surface area contributed by atoms with Crippen molar-refractivity contribution in [2.24, 2.45) is 0 Å². The molecule has 6 heteroatoms. The Morgan fingerprint density at radius 3 is 2.65 bits per heavy atom. The molecular formula is C14H14N2O2S2. The van der Waals surface area contributed by atoms with Gasteiger partial charge in [-0.1, -0.05) is 23.9 Å². The van der Waals surface area contributed by atoms with Crippen LogP contribution < -0.4 is 0 Å².